The van der Waals surface area contributed by atoms with Crippen molar-refractivity contribution in [3.8, 4) is 5.69 Å². The third kappa shape index (κ3) is 5.40. The molecule has 1 saturated heterocycles. The highest BCUT2D eigenvalue weighted by Gasteiger charge is 2.41. The number of aromatic nitrogens is 2. The van der Waals surface area contributed by atoms with E-state index in [9.17, 15) is 4.79 Å². The predicted octanol–water partition coefficient (Wildman–Crippen LogP) is 5.25. The summed E-state index contributed by atoms with van der Waals surface area (Å²) in [6, 6.07) is 26.1. The van der Waals surface area contributed by atoms with Crippen molar-refractivity contribution in [1.29, 1.82) is 0 Å². The highest BCUT2D eigenvalue weighted by atomic mass is 32.1. The maximum absolute atomic E-state index is 12.9. The van der Waals surface area contributed by atoms with E-state index in [1.165, 1.54) is 0 Å². The van der Waals surface area contributed by atoms with Gasteiger partial charge in [0.25, 0.3) is 0 Å². The summed E-state index contributed by atoms with van der Waals surface area (Å²) in [5.74, 6) is -0.0481. The lowest BCUT2D eigenvalue weighted by atomic mass is 10.0. The molecule has 38 heavy (non-hydrogen) atoms. The van der Waals surface area contributed by atoms with Crippen molar-refractivity contribution in [3.05, 3.63) is 108 Å². The van der Waals surface area contributed by atoms with E-state index in [1.807, 2.05) is 63.5 Å². The number of carbonyl (C=O) groups excluding carboxylic acids is 1. The molecular weight excluding hydrogens is 492 g/mol. The van der Waals surface area contributed by atoms with Crippen LogP contribution >= 0.6 is 12.2 Å². The van der Waals surface area contributed by atoms with E-state index in [2.05, 4.69) is 72.6 Å². The van der Waals surface area contributed by atoms with Gasteiger partial charge in [-0.2, -0.15) is 0 Å². The molecule has 0 saturated carbocycles. The Morgan fingerprint density at radius 3 is 2.58 bits per heavy atom. The van der Waals surface area contributed by atoms with Crippen LogP contribution in [-0.4, -0.2) is 46.1 Å². The molecule has 2 aromatic heterocycles. The molecule has 2 N–H and O–H groups in total. The number of carbonyl (C=O) groups is 1. The molecule has 2 aromatic carbocycles. The monoisotopic (exact) mass is 524 g/mol. The van der Waals surface area contributed by atoms with Crippen LogP contribution in [0.15, 0.2) is 91.3 Å². The van der Waals surface area contributed by atoms with Crippen LogP contribution in [-0.2, 0) is 4.79 Å². The molecule has 4 aromatic rings. The Balaban J connectivity index is 1.44. The zero-order valence-electron chi connectivity index (χ0n) is 21.8. The number of benzene rings is 2. The van der Waals surface area contributed by atoms with Crippen LogP contribution in [0.2, 0.25) is 0 Å². The maximum Gasteiger partial charge on any atom is 0.226 e. The van der Waals surface area contributed by atoms with E-state index in [4.69, 9.17) is 12.2 Å². The fourth-order valence-corrected chi connectivity index (χ4v) is 5.25. The Bertz CT molecular complexity index is 1420. The molecule has 1 amide bonds. The number of pyridine rings is 1. The van der Waals surface area contributed by atoms with E-state index < -0.39 is 0 Å². The van der Waals surface area contributed by atoms with Crippen molar-refractivity contribution in [3.63, 3.8) is 0 Å². The number of hydrogen-bond donors (Lipinski definition) is 2. The quantitative estimate of drug-likeness (QED) is 0.307. The summed E-state index contributed by atoms with van der Waals surface area (Å²) >= 11 is 5.81. The number of amides is 1. The third-order valence-corrected chi connectivity index (χ3v) is 7.16. The summed E-state index contributed by atoms with van der Waals surface area (Å²) in [6.45, 7) is 2.48. The van der Waals surface area contributed by atoms with Crippen LogP contribution in [0.25, 0.3) is 5.69 Å². The molecule has 1 fully saturated rings. The van der Waals surface area contributed by atoms with Crippen LogP contribution in [0.1, 0.15) is 35.5 Å². The Kier molecular flexibility index (Phi) is 7.42. The van der Waals surface area contributed by atoms with Crippen LogP contribution < -0.4 is 15.5 Å². The molecule has 0 aliphatic carbocycles. The first-order chi connectivity index (χ1) is 18.4. The summed E-state index contributed by atoms with van der Waals surface area (Å²) < 4.78 is 2.19. The first kappa shape index (κ1) is 25.5. The van der Waals surface area contributed by atoms with E-state index in [0.717, 1.165) is 34.0 Å². The van der Waals surface area contributed by atoms with Gasteiger partial charge in [-0.15, -0.1) is 0 Å². The zero-order valence-corrected chi connectivity index (χ0v) is 22.7. The molecule has 1 aliphatic rings. The number of aryl methyl sites for hydroxylation is 1. The van der Waals surface area contributed by atoms with Crippen molar-refractivity contribution in [2.45, 2.75) is 25.4 Å². The van der Waals surface area contributed by atoms with Gasteiger partial charge < -0.3 is 25.0 Å². The number of anilines is 2. The van der Waals surface area contributed by atoms with Crippen molar-refractivity contribution < 1.29 is 4.79 Å². The number of rotatable bonds is 8. The molecule has 0 unspecified atom stereocenters. The van der Waals surface area contributed by atoms with Gasteiger partial charge in [0.05, 0.1) is 17.8 Å². The minimum Gasteiger partial charge on any atom is -0.378 e. The molecular formula is C30H32N6OS. The van der Waals surface area contributed by atoms with Gasteiger partial charge in [-0.3, -0.25) is 9.78 Å². The third-order valence-electron chi connectivity index (χ3n) is 6.81. The second kappa shape index (κ2) is 11.1. The van der Waals surface area contributed by atoms with Gasteiger partial charge in [-0.05, 0) is 85.4 Å². The summed E-state index contributed by atoms with van der Waals surface area (Å²) in [5, 5.41) is 7.12. The normalized spacial score (nSPS) is 16.8. The topological polar surface area (TPSA) is 65.4 Å². The van der Waals surface area contributed by atoms with Gasteiger partial charge in [-0.1, -0.05) is 18.2 Å². The molecule has 3 heterocycles. The second-order valence-corrected chi connectivity index (χ2v) is 10.1. The average Bonchev–Trinajstić information content (AvgIpc) is 3.52. The van der Waals surface area contributed by atoms with Crippen molar-refractivity contribution in [2.24, 2.45) is 0 Å². The Hall–Kier alpha value is -4.17. The number of thiocarbonyl (C=S) groups is 1. The summed E-state index contributed by atoms with van der Waals surface area (Å²) in [5.41, 5.74) is 6.08. The molecule has 5 rings (SSSR count). The fraction of sp³-hybridized carbons (Fsp3) is 0.233. The van der Waals surface area contributed by atoms with Crippen LogP contribution in [0.3, 0.4) is 0 Å². The maximum atomic E-state index is 12.9. The van der Waals surface area contributed by atoms with Crippen molar-refractivity contribution in [2.75, 3.05) is 30.9 Å². The molecule has 194 valence electrons. The molecule has 0 spiro atoms. The molecule has 0 bridgehead atoms. The van der Waals surface area contributed by atoms with Crippen LogP contribution in [0, 0.1) is 6.92 Å². The zero-order chi connectivity index (χ0) is 26.6. The SMILES string of the molecule is Cc1cccc(NC(=O)CCN2C(=S)N[C@H](c3ccccn3)[C@@H]2c2cccn2-c2ccc(N(C)C)cc2)c1. The van der Waals surface area contributed by atoms with Crippen molar-refractivity contribution in [1.82, 2.24) is 19.8 Å². The van der Waals surface area contributed by atoms with E-state index >= 15 is 0 Å². The molecule has 0 radical (unpaired) electrons. The first-order valence-corrected chi connectivity index (χ1v) is 13.1. The molecule has 7 nitrogen and oxygen atoms in total. The lowest BCUT2D eigenvalue weighted by Gasteiger charge is -2.29. The highest BCUT2D eigenvalue weighted by molar-refractivity contribution is 7.80. The number of nitrogens with one attached hydrogen (secondary N) is 2. The predicted molar refractivity (Wildman–Crippen MR) is 157 cm³/mol. The van der Waals surface area contributed by atoms with Gasteiger partial charge in [0.15, 0.2) is 5.11 Å². The first-order valence-electron chi connectivity index (χ1n) is 12.7. The van der Waals surface area contributed by atoms with E-state index in [0.29, 0.717) is 18.1 Å². The second-order valence-electron chi connectivity index (χ2n) is 9.70. The van der Waals surface area contributed by atoms with E-state index in [-0.39, 0.29) is 18.0 Å². The van der Waals surface area contributed by atoms with Crippen molar-refractivity contribution >= 4 is 34.6 Å². The standard InChI is InChI=1S/C30H32N6OS/c1-21-8-6-9-22(20-21)32-27(37)16-19-36-29(28(33-30(36)38)25-10-4-5-17-31-25)26-11-7-18-35(26)24-14-12-23(13-15-24)34(2)3/h4-15,17-18,20,28-29H,16,19H2,1-3H3,(H,32,37)(H,33,38)/t28-,29+/m1/s1. The summed E-state index contributed by atoms with van der Waals surface area (Å²) in [6.07, 6.45) is 4.17. The van der Waals surface area contributed by atoms with E-state index in [1.54, 1.807) is 6.20 Å². The number of nitrogens with zero attached hydrogens (tertiary/aromatic N) is 4. The number of hydrogen-bond acceptors (Lipinski definition) is 4. The summed E-state index contributed by atoms with van der Waals surface area (Å²) in [4.78, 5) is 21.7. The van der Waals surface area contributed by atoms with Gasteiger partial charge >= 0.3 is 0 Å². The Morgan fingerprint density at radius 1 is 1.05 bits per heavy atom. The van der Waals surface area contributed by atoms with Gasteiger partial charge in [-0.25, -0.2) is 0 Å². The van der Waals surface area contributed by atoms with Gasteiger partial charge in [0, 0.05) is 62.2 Å². The van der Waals surface area contributed by atoms with Gasteiger partial charge in [0.1, 0.15) is 0 Å². The highest BCUT2D eigenvalue weighted by Crippen LogP contribution is 2.39. The Morgan fingerprint density at radius 2 is 1.87 bits per heavy atom. The van der Waals surface area contributed by atoms with Crippen LogP contribution in [0.5, 0.6) is 0 Å². The average molecular weight is 525 g/mol. The lowest BCUT2D eigenvalue weighted by Crippen LogP contribution is -2.33. The minimum atomic E-state index is -0.154. The smallest absolute Gasteiger partial charge is 0.226 e. The Labute approximate surface area is 229 Å². The van der Waals surface area contributed by atoms with Gasteiger partial charge in [0.2, 0.25) is 5.91 Å². The van der Waals surface area contributed by atoms with Crippen LogP contribution in [0.4, 0.5) is 11.4 Å². The molecule has 8 heteroatoms. The molecule has 2 atom stereocenters. The minimum absolute atomic E-state index is 0.0481. The largest absolute Gasteiger partial charge is 0.378 e. The fourth-order valence-electron chi connectivity index (χ4n) is 4.92. The molecule has 1 aliphatic heterocycles. The lowest BCUT2D eigenvalue weighted by molar-refractivity contribution is -0.116. The summed E-state index contributed by atoms with van der Waals surface area (Å²) in [7, 11) is 4.07.